The molecule has 0 saturated carbocycles. The minimum atomic E-state index is -0.227. The molecule has 1 aliphatic rings. The maximum Gasteiger partial charge on any atom is 0.148 e. The molecule has 0 radical (unpaired) electrons. The summed E-state index contributed by atoms with van der Waals surface area (Å²) in [5.74, 6) is 0. The van der Waals surface area contributed by atoms with Crippen LogP contribution in [0.2, 0.25) is 0 Å². The van der Waals surface area contributed by atoms with Gasteiger partial charge in [0.1, 0.15) is 12.4 Å². The van der Waals surface area contributed by atoms with Crippen LogP contribution in [0.1, 0.15) is 12.8 Å². The average Bonchev–Trinajstić information content (AvgIpc) is 2.78. The van der Waals surface area contributed by atoms with Crippen LogP contribution in [-0.4, -0.2) is 25.1 Å². The lowest BCUT2D eigenvalue weighted by atomic mass is 10.2. The van der Waals surface area contributed by atoms with Gasteiger partial charge in [0.05, 0.1) is 12.7 Å². The quantitative estimate of drug-likeness (QED) is 0.583. The van der Waals surface area contributed by atoms with Crippen molar-refractivity contribution < 1.29 is 13.7 Å². The summed E-state index contributed by atoms with van der Waals surface area (Å²) in [6.07, 6.45) is 2.41. The highest BCUT2D eigenvalue weighted by Gasteiger charge is 2.24. The van der Waals surface area contributed by atoms with E-state index < -0.39 is 0 Å². The summed E-state index contributed by atoms with van der Waals surface area (Å²) in [6, 6.07) is 9.90. The predicted octanol–water partition coefficient (Wildman–Crippen LogP) is 2.46. The minimum Gasteiger partial charge on any atom is -0.365 e. The van der Waals surface area contributed by atoms with Crippen molar-refractivity contribution in [3.05, 3.63) is 30.3 Å². The molecular weight excluding hydrogens is 224 g/mol. The van der Waals surface area contributed by atoms with Crippen molar-refractivity contribution in [1.29, 1.82) is 0 Å². The van der Waals surface area contributed by atoms with E-state index in [0.29, 0.717) is 6.61 Å². The first-order valence-corrected chi connectivity index (χ1v) is 6.08. The van der Waals surface area contributed by atoms with Crippen LogP contribution < -0.4 is 0 Å². The third-order valence-corrected chi connectivity index (χ3v) is 3.16. The van der Waals surface area contributed by atoms with Crippen LogP contribution in [0, 0.1) is 0 Å². The van der Waals surface area contributed by atoms with Crippen LogP contribution in [-0.2, 0) is 13.7 Å². The van der Waals surface area contributed by atoms with Gasteiger partial charge in [-0.15, -0.1) is 0 Å². The van der Waals surface area contributed by atoms with Gasteiger partial charge in [0, 0.05) is 16.9 Å². The molecule has 1 aromatic carbocycles. The van der Waals surface area contributed by atoms with E-state index in [0.717, 1.165) is 24.0 Å². The van der Waals surface area contributed by atoms with E-state index in [1.54, 1.807) is 0 Å². The predicted molar refractivity (Wildman–Crippen MR) is 62.2 cm³/mol. The zero-order chi connectivity index (χ0) is 11.2. The largest absolute Gasteiger partial charge is 0.365 e. The maximum atomic E-state index is 10.5. The van der Waals surface area contributed by atoms with E-state index in [9.17, 15) is 4.79 Å². The molecule has 1 aliphatic heterocycles. The number of rotatable bonds is 5. The summed E-state index contributed by atoms with van der Waals surface area (Å²) >= 11 is 1.35. The molecular formula is C12H14O3S. The van der Waals surface area contributed by atoms with Crippen LogP contribution in [0.15, 0.2) is 35.2 Å². The molecule has 0 aliphatic carbocycles. The van der Waals surface area contributed by atoms with Crippen molar-refractivity contribution >= 4 is 18.3 Å². The van der Waals surface area contributed by atoms with Crippen molar-refractivity contribution in [2.75, 3.05) is 6.61 Å². The second-order valence-corrected chi connectivity index (χ2v) is 4.56. The standard InChI is InChI=1S/C12H14O3S/c13-8-10-6-7-11(15-10)9-14-16-12-4-2-1-3-5-12/h1-5,8,10-11H,6-7,9H2/t10-,11?/m0/s1. The average molecular weight is 238 g/mol. The minimum absolute atomic E-state index is 0.0615. The van der Waals surface area contributed by atoms with Gasteiger partial charge in [-0.2, -0.15) is 0 Å². The van der Waals surface area contributed by atoms with Gasteiger partial charge >= 0.3 is 0 Å². The highest BCUT2D eigenvalue weighted by molar-refractivity contribution is 7.94. The molecule has 0 aromatic heterocycles. The normalized spacial score (nSPS) is 24.5. The Morgan fingerprint density at radius 3 is 2.88 bits per heavy atom. The second-order valence-electron chi connectivity index (χ2n) is 3.69. The Balaban J connectivity index is 1.67. The van der Waals surface area contributed by atoms with E-state index in [1.165, 1.54) is 12.0 Å². The third kappa shape index (κ3) is 3.33. The number of aldehydes is 1. The van der Waals surface area contributed by atoms with Crippen LogP contribution in [0.5, 0.6) is 0 Å². The Morgan fingerprint density at radius 2 is 2.19 bits per heavy atom. The molecule has 0 bridgehead atoms. The molecule has 2 rings (SSSR count). The molecule has 1 unspecified atom stereocenters. The Morgan fingerprint density at radius 1 is 1.38 bits per heavy atom. The van der Waals surface area contributed by atoms with Gasteiger partial charge in [0.2, 0.25) is 0 Å². The number of carbonyl (C=O) groups is 1. The lowest BCUT2D eigenvalue weighted by Crippen LogP contribution is -2.15. The zero-order valence-electron chi connectivity index (χ0n) is 8.87. The zero-order valence-corrected chi connectivity index (χ0v) is 9.69. The Kier molecular flexibility index (Phi) is 4.39. The molecule has 1 fully saturated rings. The summed E-state index contributed by atoms with van der Waals surface area (Å²) < 4.78 is 10.9. The molecule has 0 spiro atoms. The van der Waals surface area contributed by atoms with Crippen LogP contribution >= 0.6 is 12.0 Å². The highest BCUT2D eigenvalue weighted by Crippen LogP contribution is 2.23. The topological polar surface area (TPSA) is 35.5 Å². The molecule has 16 heavy (non-hydrogen) atoms. The smallest absolute Gasteiger partial charge is 0.148 e. The number of hydrogen-bond donors (Lipinski definition) is 0. The van der Waals surface area contributed by atoms with Crippen molar-refractivity contribution in [2.24, 2.45) is 0 Å². The van der Waals surface area contributed by atoms with Gasteiger partial charge in [-0.05, 0) is 25.0 Å². The Labute approximate surface area is 99.3 Å². The van der Waals surface area contributed by atoms with Crippen molar-refractivity contribution in [1.82, 2.24) is 0 Å². The van der Waals surface area contributed by atoms with Gasteiger partial charge in [0.15, 0.2) is 0 Å². The third-order valence-electron chi connectivity index (χ3n) is 2.44. The van der Waals surface area contributed by atoms with Crippen LogP contribution in [0.25, 0.3) is 0 Å². The van der Waals surface area contributed by atoms with Crippen molar-refractivity contribution in [2.45, 2.75) is 29.9 Å². The van der Waals surface area contributed by atoms with Gasteiger partial charge in [0.25, 0.3) is 0 Å². The SMILES string of the molecule is O=C[C@@H]1CCC(COSc2ccccc2)O1. The lowest BCUT2D eigenvalue weighted by molar-refractivity contribution is -0.117. The number of hydrogen-bond acceptors (Lipinski definition) is 4. The summed E-state index contributed by atoms with van der Waals surface area (Å²) in [5, 5.41) is 0. The summed E-state index contributed by atoms with van der Waals surface area (Å²) in [4.78, 5) is 11.6. The lowest BCUT2D eigenvalue weighted by Gasteiger charge is -2.09. The molecule has 1 heterocycles. The number of ether oxygens (including phenoxy) is 1. The summed E-state index contributed by atoms with van der Waals surface area (Å²) in [6.45, 7) is 0.532. The second kappa shape index (κ2) is 6.03. The Bertz CT molecular complexity index is 328. The van der Waals surface area contributed by atoms with Gasteiger partial charge in [-0.3, -0.25) is 0 Å². The van der Waals surface area contributed by atoms with Crippen LogP contribution in [0.4, 0.5) is 0 Å². The molecule has 2 atom stereocenters. The molecule has 86 valence electrons. The fraction of sp³-hybridized carbons (Fsp3) is 0.417. The van der Waals surface area contributed by atoms with Gasteiger partial charge in [-0.1, -0.05) is 18.2 Å². The van der Waals surface area contributed by atoms with Crippen molar-refractivity contribution in [3.63, 3.8) is 0 Å². The highest BCUT2D eigenvalue weighted by atomic mass is 32.2. The summed E-state index contributed by atoms with van der Waals surface area (Å²) in [5.41, 5.74) is 0. The fourth-order valence-electron chi connectivity index (χ4n) is 1.61. The van der Waals surface area contributed by atoms with E-state index in [1.807, 2.05) is 30.3 Å². The Hall–Kier alpha value is -0.840. The molecule has 4 heteroatoms. The number of carbonyl (C=O) groups excluding carboxylic acids is 1. The maximum absolute atomic E-state index is 10.5. The fourth-order valence-corrected chi connectivity index (χ4v) is 2.23. The van der Waals surface area contributed by atoms with E-state index in [-0.39, 0.29) is 12.2 Å². The first kappa shape index (κ1) is 11.6. The van der Waals surface area contributed by atoms with E-state index in [4.69, 9.17) is 8.92 Å². The molecule has 1 aromatic rings. The first-order valence-electron chi connectivity index (χ1n) is 5.34. The van der Waals surface area contributed by atoms with E-state index >= 15 is 0 Å². The summed E-state index contributed by atoms with van der Waals surface area (Å²) in [7, 11) is 0. The van der Waals surface area contributed by atoms with Crippen molar-refractivity contribution in [3.8, 4) is 0 Å². The first-order chi connectivity index (χ1) is 7.88. The van der Waals surface area contributed by atoms with Gasteiger partial charge in [-0.25, -0.2) is 0 Å². The molecule has 0 amide bonds. The van der Waals surface area contributed by atoms with Crippen LogP contribution in [0.3, 0.4) is 0 Å². The molecule has 3 nitrogen and oxygen atoms in total. The van der Waals surface area contributed by atoms with E-state index in [2.05, 4.69) is 0 Å². The molecule has 1 saturated heterocycles. The van der Waals surface area contributed by atoms with Gasteiger partial charge < -0.3 is 13.7 Å². The molecule has 0 N–H and O–H groups in total. The monoisotopic (exact) mass is 238 g/mol. The number of benzene rings is 1.